The molecule has 11 heteroatoms. The van der Waals surface area contributed by atoms with E-state index >= 15 is 0 Å². The highest BCUT2D eigenvalue weighted by Crippen LogP contribution is 2.18. The highest BCUT2D eigenvalue weighted by atomic mass is 32.2. The number of benzene rings is 1. The highest BCUT2D eigenvalue weighted by Gasteiger charge is 2.29. The van der Waals surface area contributed by atoms with Gasteiger partial charge >= 0.3 is 5.97 Å². The fourth-order valence-corrected chi connectivity index (χ4v) is 4.67. The molecule has 1 aromatic carbocycles. The molecule has 0 aliphatic carbocycles. The number of nitrogens with zero attached hydrogens (tertiary/aromatic N) is 3. The molecule has 0 bridgehead atoms. The van der Waals surface area contributed by atoms with Crippen LogP contribution in [-0.4, -0.2) is 99.8 Å². The van der Waals surface area contributed by atoms with E-state index in [9.17, 15) is 22.8 Å². The Morgan fingerprint density at radius 3 is 2.31 bits per heavy atom. The van der Waals surface area contributed by atoms with Crippen molar-refractivity contribution in [2.75, 3.05) is 59.5 Å². The normalized spacial score (nSPS) is 18.9. The fraction of sp³-hybridized carbons (Fsp3) is 0.500. The predicted octanol–water partition coefficient (Wildman–Crippen LogP) is -1.26. The Bertz CT molecular complexity index is 878. The third kappa shape index (κ3) is 4.92. The van der Waals surface area contributed by atoms with Crippen LogP contribution in [0.3, 0.4) is 0 Å². The van der Waals surface area contributed by atoms with Gasteiger partial charge in [0.05, 0.1) is 25.1 Å². The molecule has 2 aliphatic heterocycles. The van der Waals surface area contributed by atoms with Crippen molar-refractivity contribution in [2.24, 2.45) is 0 Å². The smallest absolute Gasteiger partial charge is 0.319 e. The van der Waals surface area contributed by atoms with Gasteiger partial charge in [-0.25, -0.2) is 8.42 Å². The van der Waals surface area contributed by atoms with Crippen molar-refractivity contribution in [1.29, 1.82) is 0 Å². The Hall–Kier alpha value is -2.50. The minimum absolute atomic E-state index is 0.0478. The topological polar surface area (TPSA) is 116 Å². The molecule has 1 N–H and O–H groups in total. The van der Waals surface area contributed by atoms with Gasteiger partial charge < -0.3 is 15.0 Å². The van der Waals surface area contributed by atoms with Gasteiger partial charge in [-0.3, -0.25) is 19.3 Å². The summed E-state index contributed by atoms with van der Waals surface area (Å²) in [6.45, 7) is 2.53. The summed E-state index contributed by atoms with van der Waals surface area (Å²) in [5.74, 6) is -0.838. The zero-order chi connectivity index (χ0) is 21.0. The van der Waals surface area contributed by atoms with Crippen LogP contribution in [0.1, 0.15) is 10.4 Å². The summed E-state index contributed by atoms with van der Waals surface area (Å²) in [4.78, 5) is 39.1. The van der Waals surface area contributed by atoms with Crippen molar-refractivity contribution >= 4 is 27.8 Å². The van der Waals surface area contributed by atoms with Gasteiger partial charge in [-0.15, -0.1) is 0 Å². The van der Waals surface area contributed by atoms with Crippen molar-refractivity contribution in [2.45, 2.75) is 4.90 Å². The monoisotopic (exact) mass is 424 g/mol. The van der Waals surface area contributed by atoms with Crippen LogP contribution in [0.15, 0.2) is 29.2 Å². The Balaban J connectivity index is 1.62. The molecule has 0 radical (unpaired) electrons. The van der Waals surface area contributed by atoms with E-state index in [2.05, 4.69) is 10.1 Å². The SMILES string of the molecule is COC(=O)CN1CCN(C(=O)c2ccc(S(=O)(=O)N3CCNC(=O)C3)cc2)CC1. The van der Waals surface area contributed by atoms with Crippen LogP contribution in [-0.2, 0) is 24.3 Å². The van der Waals surface area contributed by atoms with Gasteiger partial charge in [-0.1, -0.05) is 0 Å². The molecule has 0 aromatic heterocycles. The molecule has 0 spiro atoms. The number of nitrogens with one attached hydrogen (secondary N) is 1. The molecule has 1 aromatic rings. The standard InChI is InChI=1S/C18H24N4O6S/c1-28-17(24)13-20-8-10-21(11-9-20)18(25)14-2-4-15(5-3-14)29(26,27)22-7-6-19-16(23)12-22/h2-5H,6-13H2,1H3,(H,19,23). The van der Waals surface area contributed by atoms with Crippen LogP contribution in [0, 0.1) is 0 Å². The van der Waals surface area contributed by atoms with E-state index in [1.54, 1.807) is 4.90 Å². The Kier molecular flexibility index (Phi) is 6.50. The lowest BCUT2D eigenvalue weighted by Crippen LogP contribution is -2.50. The number of amides is 2. The Labute approximate surface area is 169 Å². The number of esters is 1. The van der Waals surface area contributed by atoms with E-state index in [1.165, 1.54) is 31.4 Å². The third-order valence-corrected chi connectivity index (χ3v) is 6.84. The van der Waals surface area contributed by atoms with E-state index < -0.39 is 10.0 Å². The summed E-state index contributed by atoms with van der Waals surface area (Å²) in [5.41, 5.74) is 0.391. The number of hydrogen-bond acceptors (Lipinski definition) is 7. The number of carbonyl (C=O) groups excluding carboxylic acids is 3. The molecule has 0 unspecified atom stereocenters. The number of sulfonamides is 1. The van der Waals surface area contributed by atoms with Gasteiger partial charge in [0.2, 0.25) is 15.9 Å². The lowest BCUT2D eigenvalue weighted by Gasteiger charge is -2.34. The summed E-state index contributed by atoms with van der Waals surface area (Å²) in [7, 11) is -2.45. The number of hydrogen-bond donors (Lipinski definition) is 1. The molecule has 158 valence electrons. The molecule has 0 saturated carbocycles. The second-order valence-corrected chi connectivity index (χ2v) is 8.80. The molecule has 2 heterocycles. The lowest BCUT2D eigenvalue weighted by molar-refractivity contribution is -0.142. The molecular weight excluding hydrogens is 400 g/mol. The maximum atomic E-state index is 12.7. The summed E-state index contributed by atoms with van der Waals surface area (Å²) >= 11 is 0. The van der Waals surface area contributed by atoms with Gasteiger partial charge in [-0.2, -0.15) is 4.31 Å². The number of methoxy groups -OCH3 is 1. The highest BCUT2D eigenvalue weighted by molar-refractivity contribution is 7.89. The quantitative estimate of drug-likeness (QED) is 0.587. The van der Waals surface area contributed by atoms with Gasteiger partial charge in [0.15, 0.2) is 0 Å². The van der Waals surface area contributed by atoms with Gasteiger partial charge in [0, 0.05) is 44.8 Å². The molecule has 3 rings (SSSR count). The third-order valence-electron chi connectivity index (χ3n) is 4.98. The van der Waals surface area contributed by atoms with Gasteiger partial charge in [-0.05, 0) is 24.3 Å². The average Bonchev–Trinajstić information content (AvgIpc) is 2.74. The van der Waals surface area contributed by atoms with E-state index in [0.717, 1.165) is 4.31 Å². The largest absolute Gasteiger partial charge is 0.468 e. The van der Waals surface area contributed by atoms with Crippen molar-refractivity contribution < 1.29 is 27.5 Å². The molecule has 0 atom stereocenters. The fourth-order valence-electron chi connectivity index (χ4n) is 3.28. The molecule has 2 aliphatic rings. The summed E-state index contributed by atoms with van der Waals surface area (Å²) in [6, 6.07) is 5.76. The average molecular weight is 424 g/mol. The van der Waals surface area contributed by atoms with Gasteiger partial charge in [0.25, 0.3) is 5.91 Å². The van der Waals surface area contributed by atoms with E-state index in [0.29, 0.717) is 31.7 Å². The van der Waals surface area contributed by atoms with Crippen LogP contribution in [0.5, 0.6) is 0 Å². The first kappa shape index (κ1) is 21.2. The molecule has 2 saturated heterocycles. The molecule has 2 fully saturated rings. The van der Waals surface area contributed by atoms with Crippen molar-refractivity contribution in [1.82, 2.24) is 19.4 Å². The van der Waals surface area contributed by atoms with Crippen molar-refractivity contribution in [3.8, 4) is 0 Å². The second-order valence-electron chi connectivity index (χ2n) is 6.86. The predicted molar refractivity (Wildman–Crippen MR) is 103 cm³/mol. The number of carbonyl (C=O) groups is 3. The minimum Gasteiger partial charge on any atom is -0.468 e. The maximum absolute atomic E-state index is 12.7. The van der Waals surface area contributed by atoms with Gasteiger partial charge in [0.1, 0.15) is 0 Å². The maximum Gasteiger partial charge on any atom is 0.319 e. The zero-order valence-corrected chi connectivity index (χ0v) is 17.0. The molecule has 29 heavy (non-hydrogen) atoms. The first-order valence-corrected chi connectivity index (χ1v) is 10.7. The number of ether oxygens (including phenoxy) is 1. The van der Waals surface area contributed by atoms with Crippen LogP contribution in [0.4, 0.5) is 0 Å². The Morgan fingerprint density at radius 1 is 1.07 bits per heavy atom. The van der Waals surface area contributed by atoms with Crippen LogP contribution in [0.25, 0.3) is 0 Å². The summed E-state index contributed by atoms with van der Waals surface area (Å²) in [5, 5.41) is 2.59. The molecular formula is C18H24N4O6S. The van der Waals surface area contributed by atoms with E-state index in [4.69, 9.17) is 0 Å². The van der Waals surface area contributed by atoms with Crippen LogP contribution < -0.4 is 5.32 Å². The van der Waals surface area contributed by atoms with Crippen LogP contribution in [0.2, 0.25) is 0 Å². The first-order valence-electron chi connectivity index (χ1n) is 9.26. The Morgan fingerprint density at radius 2 is 1.72 bits per heavy atom. The van der Waals surface area contributed by atoms with Crippen molar-refractivity contribution in [3.63, 3.8) is 0 Å². The van der Waals surface area contributed by atoms with E-state index in [-0.39, 0.29) is 48.9 Å². The van der Waals surface area contributed by atoms with Crippen LogP contribution >= 0.6 is 0 Å². The number of rotatable bonds is 5. The number of piperazine rings is 2. The minimum atomic E-state index is -3.79. The molecule has 2 amide bonds. The second kappa shape index (κ2) is 8.89. The molecule has 10 nitrogen and oxygen atoms in total. The summed E-state index contributed by atoms with van der Waals surface area (Å²) < 4.78 is 31.1. The van der Waals surface area contributed by atoms with E-state index in [1.807, 2.05) is 4.90 Å². The summed E-state index contributed by atoms with van der Waals surface area (Å²) in [6.07, 6.45) is 0. The van der Waals surface area contributed by atoms with Crippen molar-refractivity contribution in [3.05, 3.63) is 29.8 Å². The zero-order valence-electron chi connectivity index (χ0n) is 16.2. The lowest BCUT2D eigenvalue weighted by atomic mass is 10.2. The first-order chi connectivity index (χ1) is 13.8.